The highest BCUT2D eigenvalue weighted by Gasteiger charge is 2.38. The molecule has 0 saturated carbocycles. The van der Waals surface area contributed by atoms with Crippen molar-refractivity contribution in [1.29, 1.82) is 0 Å². The van der Waals surface area contributed by atoms with Crippen molar-refractivity contribution in [3.8, 4) is 5.75 Å². The second-order valence-electron chi connectivity index (χ2n) is 8.90. The first-order chi connectivity index (χ1) is 18.0. The quantitative estimate of drug-likeness (QED) is 0.165. The number of aliphatic carboxylic acids is 1. The number of carbonyl (C=O) groups excluding carboxylic acids is 4. The number of hydrogen-bond acceptors (Lipinski definition) is 7. The van der Waals surface area contributed by atoms with Crippen LogP contribution in [0.1, 0.15) is 45.6 Å². The summed E-state index contributed by atoms with van der Waals surface area (Å²) in [5, 5.41) is 24.5. The van der Waals surface area contributed by atoms with Gasteiger partial charge in [-0.3, -0.25) is 19.2 Å². The molecule has 0 unspecified atom stereocenters. The van der Waals surface area contributed by atoms with Crippen LogP contribution >= 0.6 is 0 Å². The summed E-state index contributed by atoms with van der Waals surface area (Å²) < 4.78 is 31.7. The van der Waals surface area contributed by atoms with Crippen molar-refractivity contribution >= 4 is 29.6 Å². The van der Waals surface area contributed by atoms with Gasteiger partial charge in [0, 0.05) is 13.3 Å². The lowest BCUT2D eigenvalue weighted by Crippen LogP contribution is -2.57. The molecule has 0 aliphatic carbocycles. The molecule has 0 spiro atoms. The van der Waals surface area contributed by atoms with E-state index < -0.39 is 48.0 Å². The fraction of sp³-hybridized carbons (Fsp3) is 0.542. The van der Waals surface area contributed by atoms with Gasteiger partial charge in [-0.25, -0.2) is 4.79 Å². The minimum atomic E-state index is -5.08. The number of primary amides is 1. The first kappa shape index (κ1) is 35.1. The Morgan fingerprint density at radius 2 is 1.44 bits per heavy atom. The monoisotopic (exact) mass is 563 g/mol. The van der Waals surface area contributed by atoms with E-state index in [0.29, 0.717) is 31.4 Å². The third kappa shape index (κ3) is 14.6. The Kier molecular flexibility index (Phi) is 15.2. The molecule has 0 aliphatic heterocycles. The van der Waals surface area contributed by atoms with E-state index in [2.05, 4.69) is 16.0 Å². The van der Waals surface area contributed by atoms with Crippen molar-refractivity contribution in [1.82, 2.24) is 16.0 Å². The lowest BCUT2D eigenvalue weighted by Gasteiger charge is -2.26. The topological polar surface area (TPSA) is 214 Å². The molecule has 4 amide bonds. The van der Waals surface area contributed by atoms with E-state index in [0.717, 1.165) is 0 Å². The summed E-state index contributed by atoms with van der Waals surface area (Å²) in [5.74, 6) is -5.05. The van der Waals surface area contributed by atoms with Crippen LogP contribution in [-0.4, -0.2) is 70.7 Å². The Hall–Kier alpha value is -3.88. The third-order valence-corrected chi connectivity index (χ3v) is 5.17. The van der Waals surface area contributed by atoms with Gasteiger partial charge in [0.05, 0.1) is 0 Å². The van der Waals surface area contributed by atoms with Gasteiger partial charge in [-0.05, 0) is 49.4 Å². The second-order valence-corrected chi connectivity index (χ2v) is 8.90. The predicted octanol–water partition coefficient (Wildman–Crippen LogP) is 0.313. The average molecular weight is 564 g/mol. The minimum Gasteiger partial charge on any atom is -0.508 e. The summed E-state index contributed by atoms with van der Waals surface area (Å²) in [7, 11) is 0. The van der Waals surface area contributed by atoms with Crippen LogP contribution in [-0.2, 0) is 30.4 Å². The Morgan fingerprint density at radius 1 is 0.923 bits per heavy atom. The number of rotatable bonds is 13. The van der Waals surface area contributed by atoms with Gasteiger partial charge in [-0.15, -0.1) is 0 Å². The highest BCUT2D eigenvalue weighted by molar-refractivity contribution is 5.94. The number of hydrogen-bond donors (Lipinski definition) is 7. The Bertz CT molecular complexity index is 972. The number of phenolic OH excluding ortho intramolecular Hbond substituents is 1. The van der Waals surface area contributed by atoms with E-state index in [4.69, 9.17) is 21.4 Å². The summed E-state index contributed by atoms with van der Waals surface area (Å²) in [5.41, 5.74) is 11.6. The van der Waals surface area contributed by atoms with E-state index in [1.165, 1.54) is 19.1 Å². The number of carboxylic acids is 1. The Labute approximate surface area is 223 Å². The first-order valence-electron chi connectivity index (χ1n) is 11.9. The number of alkyl halides is 3. The molecule has 39 heavy (non-hydrogen) atoms. The molecule has 0 aliphatic rings. The van der Waals surface area contributed by atoms with Gasteiger partial charge in [0.2, 0.25) is 23.6 Å². The van der Waals surface area contributed by atoms with Gasteiger partial charge < -0.3 is 37.6 Å². The number of benzene rings is 1. The van der Waals surface area contributed by atoms with Crippen molar-refractivity contribution in [2.24, 2.45) is 17.4 Å². The lowest BCUT2D eigenvalue weighted by atomic mass is 10.0. The summed E-state index contributed by atoms with van der Waals surface area (Å²) in [6.45, 7) is 5.31. The molecule has 3 atom stereocenters. The molecule has 220 valence electrons. The van der Waals surface area contributed by atoms with E-state index in [9.17, 15) is 37.5 Å². The highest BCUT2D eigenvalue weighted by atomic mass is 19.4. The number of aromatic hydroxyl groups is 1. The highest BCUT2D eigenvalue weighted by Crippen LogP contribution is 2.14. The zero-order valence-electron chi connectivity index (χ0n) is 21.9. The maximum atomic E-state index is 13.0. The molecule has 12 nitrogen and oxygen atoms in total. The average Bonchev–Trinajstić information content (AvgIpc) is 2.82. The van der Waals surface area contributed by atoms with Gasteiger partial charge in [0.1, 0.15) is 23.9 Å². The molecule has 0 radical (unpaired) electrons. The van der Waals surface area contributed by atoms with Gasteiger partial charge in [0.15, 0.2) is 0 Å². The van der Waals surface area contributed by atoms with Crippen LogP contribution in [0.15, 0.2) is 24.3 Å². The molecule has 15 heteroatoms. The van der Waals surface area contributed by atoms with Crippen molar-refractivity contribution in [2.75, 3.05) is 6.54 Å². The maximum Gasteiger partial charge on any atom is 0.490 e. The van der Waals surface area contributed by atoms with E-state index in [-0.39, 0.29) is 24.0 Å². The van der Waals surface area contributed by atoms with Gasteiger partial charge in [0.25, 0.3) is 0 Å². The summed E-state index contributed by atoms with van der Waals surface area (Å²) in [6.07, 6.45) is -3.35. The largest absolute Gasteiger partial charge is 0.508 e. The van der Waals surface area contributed by atoms with Crippen LogP contribution in [0.4, 0.5) is 13.2 Å². The van der Waals surface area contributed by atoms with Crippen molar-refractivity contribution in [3.05, 3.63) is 29.8 Å². The van der Waals surface area contributed by atoms with E-state index >= 15 is 0 Å². The molecule has 0 fully saturated rings. The van der Waals surface area contributed by atoms with E-state index in [1.54, 1.807) is 26.0 Å². The number of carboxylic acid groups (broad SMARTS) is 1. The second kappa shape index (κ2) is 16.9. The SMILES string of the molecule is CC(=O)N[C@H](C(=O)N[C@@H](Cc1ccc(O)cc1)C(=O)N[C@@H](CCCCN)C(N)=O)C(C)C.O=C(O)C(F)(F)F. The number of unbranched alkanes of at least 4 members (excludes halogenated alkanes) is 1. The summed E-state index contributed by atoms with van der Waals surface area (Å²) in [4.78, 5) is 58.1. The standard InChI is InChI=1S/C22H35N5O5.C2HF3O2/c1-13(2)19(25-14(3)28)22(32)27-18(12-15-7-9-16(29)10-8-15)21(31)26-17(20(24)30)6-4-5-11-23;3-2(4,5)1(6)7/h7-10,13,17-19,29H,4-6,11-12,23H2,1-3H3,(H2,24,30)(H,25,28)(H,26,31)(H,27,32);(H,6,7)/t17-,18-,19-;/m0./s1. The van der Waals surface area contributed by atoms with E-state index in [1.807, 2.05) is 0 Å². The molecule has 0 aromatic heterocycles. The van der Waals surface area contributed by atoms with Crippen LogP contribution in [0, 0.1) is 5.92 Å². The lowest BCUT2D eigenvalue weighted by molar-refractivity contribution is -0.192. The zero-order valence-corrected chi connectivity index (χ0v) is 21.9. The molecule has 1 aromatic carbocycles. The van der Waals surface area contributed by atoms with Crippen LogP contribution in [0.3, 0.4) is 0 Å². The minimum absolute atomic E-state index is 0.0676. The molecule has 0 heterocycles. The third-order valence-electron chi connectivity index (χ3n) is 5.17. The molecule has 9 N–H and O–H groups in total. The number of carbonyl (C=O) groups is 5. The Morgan fingerprint density at radius 3 is 1.85 bits per heavy atom. The molecule has 1 rings (SSSR count). The van der Waals surface area contributed by atoms with Crippen LogP contribution in [0.2, 0.25) is 0 Å². The number of phenols is 1. The zero-order chi connectivity index (χ0) is 30.3. The van der Waals surface area contributed by atoms with Crippen molar-refractivity contribution in [2.45, 2.75) is 70.8 Å². The van der Waals surface area contributed by atoms with Crippen molar-refractivity contribution in [3.63, 3.8) is 0 Å². The molecular weight excluding hydrogens is 527 g/mol. The van der Waals surface area contributed by atoms with Crippen LogP contribution < -0.4 is 27.4 Å². The molecule has 0 saturated heterocycles. The van der Waals surface area contributed by atoms with Crippen LogP contribution in [0.25, 0.3) is 0 Å². The van der Waals surface area contributed by atoms with Gasteiger partial charge in [-0.2, -0.15) is 13.2 Å². The number of amides is 4. The maximum absolute atomic E-state index is 13.0. The van der Waals surface area contributed by atoms with Crippen molar-refractivity contribution < 1.29 is 47.4 Å². The first-order valence-corrected chi connectivity index (χ1v) is 11.9. The fourth-order valence-electron chi connectivity index (χ4n) is 3.14. The van der Waals surface area contributed by atoms with Gasteiger partial charge in [-0.1, -0.05) is 26.0 Å². The fourth-order valence-corrected chi connectivity index (χ4v) is 3.14. The summed E-state index contributed by atoms with van der Waals surface area (Å²) >= 11 is 0. The number of halogens is 3. The Balaban J connectivity index is 0.00000181. The smallest absolute Gasteiger partial charge is 0.490 e. The van der Waals surface area contributed by atoms with Crippen LogP contribution in [0.5, 0.6) is 5.75 Å². The van der Waals surface area contributed by atoms with Gasteiger partial charge >= 0.3 is 12.1 Å². The normalized spacial score (nSPS) is 13.2. The molecular formula is C24H36F3N5O7. The molecule has 0 bridgehead atoms. The predicted molar refractivity (Wildman–Crippen MR) is 134 cm³/mol. The number of nitrogens with two attached hydrogens (primary N) is 2. The molecule has 1 aromatic rings. The summed E-state index contributed by atoms with van der Waals surface area (Å²) in [6, 6.07) is 3.44. The number of nitrogens with one attached hydrogen (secondary N) is 3.